The van der Waals surface area contributed by atoms with Crippen LogP contribution in [0.3, 0.4) is 0 Å². The van der Waals surface area contributed by atoms with Crippen molar-refractivity contribution in [2.24, 2.45) is 0 Å². The second-order valence-electron chi connectivity index (χ2n) is 3.45. The predicted molar refractivity (Wildman–Crippen MR) is 57.1 cm³/mol. The Bertz CT molecular complexity index is 178. The molecule has 3 heteroatoms. The summed E-state index contributed by atoms with van der Waals surface area (Å²) in [6, 6.07) is 0. The van der Waals surface area contributed by atoms with E-state index in [0.29, 0.717) is 19.3 Å². The van der Waals surface area contributed by atoms with Crippen molar-refractivity contribution in [2.75, 3.05) is 6.54 Å². The number of rotatable bonds is 8. The zero-order valence-electron chi connectivity index (χ0n) is 9.27. The van der Waals surface area contributed by atoms with Gasteiger partial charge in [-0.15, -0.1) is 0 Å². The summed E-state index contributed by atoms with van der Waals surface area (Å²) in [6.07, 6.45) is 4.60. The lowest BCUT2D eigenvalue weighted by atomic mass is 10.2. The van der Waals surface area contributed by atoms with Gasteiger partial charge in [0.1, 0.15) is 5.78 Å². The molecule has 0 fully saturated rings. The van der Waals surface area contributed by atoms with E-state index < -0.39 is 0 Å². The van der Waals surface area contributed by atoms with E-state index in [2.05, 4.69) is 12.2 Å². The number of nitrogens with one attached hydrogen (secondary N) is 1. The Morgan fingerprint density at radius 3 is 2.36 bits per heavy atom. The lowest BCUT2D eigenvalue weighted by Crippen LogP contribution is -2.24. The van der Waals surface area contributed by atoms with Gasteiger partial charge in [0.05, 0.1) is 0 Å². The molecule has 0 aliphatic rings. The van der Waals surface area contributed by atoms with Gasteiger partial charge in [0, 0.05) is 25.8 Å². The molecular formula is C11H21NO2. The van der Waals surface area contributed by atoms with Gasteiger partial charge in [0.25, 0.3) is 0 Å². The number of ketones is 1. The minimum atomic E-state index is 0.00269. The number of hydrogen-bond donors (Lipinski definition) is 1. The maximum atomic E-state index is 11.2. The molecule has 0 aromatic rings. The van der Waals surface area contributed by atoms with E-state index in [1.165, 1.54) is 0 Å². The Kier molecular flexibility index (Phi) is 8.19. The molecule has 0 spiro atoms. The molecule has 1 amide bonds. The van der Waals surface area contributed by atoms with Crippen molar-refractivity contribution in [3.63, 3.8) is 0 Å². The fourth-order valence-electron chi connectivity index (χ4n) is 1.12. The Balaban J connectivity index is 3.32. The van der Waals surface area contributed by atoms with Gasteiger partial charge in [-0.2, -0.15) is 0 Å². The summed E-state index contributed by atoms with van der Waals surface area (Å²) in [6.45, 7) is 4.69. The number of unbranched alkanes of at least 4 members (excludes halogenated alkanes) is 2. The zero-order chi connectivity index (χ0) is 10.8. The van der Waals surface area contributed by atoms with Crippen LogP contribution in [0.15, 0.2) is 0 Å². The molecule has 0 saturated carbocycles. The number of hydrogen-bond acceptors (Lipinski definition) is 2. The fraction of sp³-hybridized carbons (Fsp3) is 0.818. The average molecular weight is 199 g/mol. The third-order valence-electron chi connectivity index (χ3n) is 2.13. The van der Waals surface area contributed by atoms with Crippen molar-refractivity contribution >= 4 is 11.7 Å². The van der Waals surface area contributed by atoms with Crippen molar-refractivity contribution < 1.29 is 9.59 Å². The van der Waals surface area contributed by atoms with Crippen LogP contribution in [-0.4, -0.2) is 18.2 Å². The third-order valence-corrected chi connectivity index (χ3v) is 2.13. The summed E-state index contributed by atoms with van der Waals surface area (Å²) < 4.78 is 0. The molecule has 0 bridgehead atoms. The third kappa shape index (κ3) is 7.77. The second kappa shape index (κ2) is 8.73. The molecule has 0 rings (SSSR count). The van der Waals surface area contributed by atoms with Crippen molar-refractivity contribution in [3.8, 4) is 0 Å². The Morgan fingerprint density at radius 2 is 1.79 bits per heavy atom. The monoisotopic (exact) mass is 199 g/mol. The topological polar surface area (TPSA) is 46.2 Å². The van der Waals surface area contributed by atoms with E-state index in [-0.39, 0.29) is 11.7 Å². The van der Waals surface area contributed by atoms with Crippen LogP contribution in [0.1, 0.15) is 52.4 Å². The fourth-order valence-corrected chi connectivity index (χ4v) is 1.12. The first-order chi connectivity index (χ1) is 6.70. The van der Waals surface area contributed by atoms with E-state index in [1.54, 1.807) is 0 Å². The molecule has 0 saturated heterocycles. The van der Waals surface area contributed by atoms with Crippen molar-refractivity contribution in [3.05, 3.63) is 0 Å². The molecule has 1 N–H and O–H groups in total. The summed E-state index contributed by atoms with van der Waals surface area (Å²) in [5.74, 6) is 0.164. The molecule has 0 aromatic heterocycles. The first kappa shape index (κ1) is 13.1. The highest BCUT2D eigenvalue weighted by Gasteiger charge is 2.03. The van der Waals surface area contributed by atoms with E-state index in [1.807, 2.05) is 6.92 Å². The quantitative estimate of drug-likeness (QED) is 0.608. The van der Waals surface area contributed by atoms with Gasteiger partial charge < -0.3 is 5.32 Å². The highest BCUT2D eigenvalue weighted by molar-refractivity contribution is 5.84. The molecule has 0 aliphatic heterocycles. The first-order valence-corrected chi connectivity index (χ1v) is 5.49. The first-order valence-electron chi connectivity index (χ1n) is 5.49. The highest BCUT2D eigenvalue weighted by Crippen LogP contribution is 1.95. The maximum absolute atomic E-state index is 11.2. The molecule has 82 valence electrons. The lowest BCUT2D eigenvalue weighted by molar-refractivity contribution is -0.125. The van der Waals surface area contributed by atoms with Crippen LogP contribution in [0, 0.1) is 0 Å². The van der Waals surface area contributed by atoms with E-state index in [4.69, 9.17) is 0 Å². The summed E-state index contributed by atoms with van der Waals surface area (Å²) in [4.78, 5) is 22.1. The van der Waals surface area contributed by atoms with Crippen LogP contribution < -0.4 is 5.32 Å². The number of amides is 1. The number of carbonyl (C=O) groups is 2. The largest absolute Gasteiger partial charge is 0.356 e. The normalized spacial score (nSPS) is 9.86. The minimum Gasteiger partial charge on any atom is -0.356 e. The van der Waals surface area contributed by atoms with Crippen LogP contribution in [0.5, 0.6) is 0 Å². The van der Waals surface area contributed by atoms with Gasteiger partial charge in [0.15, 0.2) is 0 Å². The molecule has 0 radical (unpaired) electrons. The molecule has 0 heterocycles. The van der Waals surface area contributed by atoms with Crippen LogP contribution in [-0.2, 0) is 9.59 Å². The Labute approximate surface area is 86.3 Å². The maximum Gasteiger partial charge on any atom is 0.220 e. The molecule has 0 atom stereocenters. The summed E-state index contributed by atoms with van der Waals surface area (Å²) in [7, 11) is 0. The van der Waals surface area contributed by atoms with Gasteiger partial charge in [0.2, 0.25) is 5.91 Å². The van der Waals surface area contributed by atoms with Gasteiger partial charge in [-0.1, -0.05) is 26.7 Å². The van der Waals surface area contributed by atoms with Gasteiger partial charge in [-0.05, 0) is 6.42 Å². The second-order valence-corrected chi connectivity index (χ2v) is 3.45. The van der Waals surface area contributed by atoms with Crippen molar-refractivity contribution in [1.82, 2.24) is 5.32 Å². The van der Waals surface area contributed by atoms with E-state index in [0.717, 1.165) is 25.8 Å². The smallest absolute Gasteiger partial charge is 0.220 e. The standard InChI is InChI=1S/C11H21NO2/c1-3-5-6-9-12-11(14)8-7-10(13)4-2/h3-9H2,1-2H3,(H,12,14). The summed E-state index contributed by atoms with van der Waals surface area (Å²) in [5.41, 5.74) is 0. The number of Topliss-reactive ketones (excluding diaryl/α,β-unsaturated/α-hetero) is 1. The van der Waals surface area contributed by atoms with Crippen LogP contribution in [0.4, 0.5) is 0 Å². The van der Waals surface area contributed by atoms with Crippen LogP contribution >= 0.6 is 0 Å². The summed E-state index contributed by atoms with van der Waals surface area (Å²) in [5, 5.41) is 2.81. The van der Waals surface area contributed by atoms with E-state index in [9.17, 15) is 9.59 Å². The molecule has 0 aromatic carbocycles. The van der Waals surface area contributed by atoms with Crippen molar-refractivity contribution in [1.29, 1.82) is 0 Å². The average Bonchev–Trinajstić information content (AvgIpc) is 2.21. The predicted octanol–water partition coefficient (Wildman–Crippen LogP) is 2.05. The molecule has 3 nitrogen and oxygen atoms in total. The molecular weight excluding hydrogens is 178 g/mol. The van der Waals surface area contributed by atoms with Crippen LogP contribution in [0.25, 0.3) is 0 Å². The zero-order valence-corrected chi connectivity index (χ0v) is 9.27. The number of carbonyl (C=O) groups excluding carboxylic acids is 2. The molecule has 14 heavy (non-hydrogen) atoms. The Morgan fingerprint density at radius 1 is 1.07 bits per heavy atom. The lowest BCUT2D eigenvalue weighted by Gasteiger charge is -2.03. The Hall–Kier alpha value is -0.860. The molecule has 0 unspecified atom stereocenters. The highest BCUT2D eigenvalue weighted by atomic mass is 16.2. The summed E-state index contributed by atoms with van der Waals surface area (Å²) >= 11 is 0. The minimum absolute atomic E-state index is 0.00269. The molecule has 0 aliphatic carbocycles. The van der Waals surface area contributed by atoms with Gasteiger partial charge >= 0.3 is 0 Å². The van der Waals surface area contributed by atoms with Gasteiger partial charge in [-0.25, -0.2) is 0 Å². The van der Waals surface area contributed by atoms with Crippen LogP contribution in [0.2, 0.25) is 0 Å². The van der Waals surface area contributed by atoms with E-state index >= 15 is 0 Å². The SMILES string of the molecule is CCCCCNC(=O)CCC(=O)CC. The van der Waals surface area contributed by atoms with Gasteiger partial charge in [-0.3, -0.25) is 9.59 Å². The van der Waals surface area contributed by atoms with Crippen molar-refractivity contribution in [2.45, 2.75) is 52.4 Å².